The van der Waals surface area contributed by atoms with Crippen LogP contribution in [-0.4, -0.2) is 11.5 Å². The molecule has 1 N–H and O–H groups in total. The summed E-state index contributed by atoms with van der Waals surface area (Å²) in [5.41, 5.74) is 3.55. The first kappa shape index (κ1) is 11.7. The number of nitrogens with one attached hydrogen (secondary N) is 1. The third-order valence-electron chi connectivity index (χ3n) is 3.19. The number of fused-ring (bicyclic) bond motifs is 1. The van der Waals surface area contributed by atoms with Crippen LogP contribution in [0.25, 0.3) is 10.9 Å². The van der Waals surface area contributed by atoms with Crippen molar-refractivity contribution in [2.45, 2.75) is 6.42 Å². The zero-order chi connectivity index (χ0) is 12.9. The standard InChI is InChI=1S/C17H16N2/c1-2-5-14(6-3-1)10-12-18-16-8-9-17-15(13-16)7-4-11-19-17/h1-9,11,13,18H,10,12H2. The Morgan fingerprint density at radius 2 is 1.79 bits per heavy atom. The number of pyridine rings is 1. The highest BCUT2D eigenvalue weighted by molar-refractivity contribution is 5.82. The lowest BCUT2D eigenvalue weighted by molar-refractivity contribution is 1.02. The van der Waals surface area contributed by atoms with E-state index in [1.807, 2.05) is 18.3 Å². The van der Waals surface area contributed by atoms with Gasteiger partial charge in [-0.2, -0.15) is 0 Å². The van der Waals surface area contributed by atoms with Crippen molar-refractivity contribution in [1.82, 2.24) is 4.98 Å². The van der Waals surface area contributed by atoms with E-state index in [9.17, 15) is 0 Å². The smallest absolute Gasteiger partial charge is 0.0703 e. The van der Waals surface area contributed by atoms with Gasteiger partial charge in [0.2, 0.25) is 0 Å². The highest BCUT2D eigenvalue weighted by Gasteiger charge is 1.97. The Labute approximate surface area is 113 Å². The van der Waals surface area contributed by atoms with Crippen LogP contribution in [0.1, 0.15) is 5.56 Å². The van der Waals surface area contributed by atoms with Crippen LogP contribution >= 0.6 is 0 Å². The summed E-state index contributed by atoms with van der Waals surface area (Å²) in [4.78, 5) is 4.32. The topological polar surface area (TPSA) is 24.9 Å². The van der Waals surface area contributed by atoms with Crippen LogP contribution in [-0.2, 0) is 6.42 Å². The van der Waals surface area contributed by atoms with Crippen molar-refractivity contribution in [2.24, 2.45) is 0 Å². The molecule has 0 saturated carbocycles. The number of benzene rings is 2. The van der Waals surface area contributed by atoms with E-state index in [4.69, 9.17) is 0 Å². The minimum Gasteiger partial charge on any atom is -0.385 e. The molecule has 0 aliphatic heterocycles. The normalized spacial score (nSPS) is 10.5. The predicted molar refractivity (Wildman–Crippen MR) is 80.4 cm³/mol. The molecule has 1 aromatic heterocycles. The lowest BCUT2D eigenvalue weighted by Crippen LogP contribution is -2.04. The van der Waals surface area contributed by atoms with Gasteiger partial charge in [-0.3, -0.25) is 4.98 Å². The van der Waals surface area contributed by atoms with Gasteiger partial charge in [-0.1, -0.05) is 36.4 Å². The molecule has 19 heavy (non-hydrogen) atoms. The number of rotatable bonds is 4. The third-order valence-corrected chi connectivity index (χ3v) is 3.19. The Morgan fingerprint density at radius 1 is 0.895 bits per heavy atom. The molecule has 2 aromatic carbocycles. The van der Waals surface area contributed by atoms with E-state index in [2.05, 4.69) is 58.8 Å². The van der Waals surface area contributed by atoms with Crippen molar-refractivity contribution < 1.29 is 0 Å². The first-order chi connectivity index (χ1) is 9.42. The van der Waals surface area contributed by atoms with Gasteiger partial charge in [-0.25, -0.2) is 0 Å². The molecule has 1 heterocycles. The van der Waals surface area contributed by atoms with Crippen molar-refractivity contribution in [1.29, 1.82) is 0 Å². The largest absolute Gasteiger partial charge is 0.385 e. The third kappa shape index (κ3) is 2.91. The Hall–Kier alpha value is -2.35. The maximum Gasteiger partial charge on any atom is 0.0703 e. The van der Waals surface area contributed by atoms with E-state index in [1.165, 1.54) is 10.9 Å². The second kappa shape index (κ2) is 5.53. The molecule has 3 aromatic rings. The van der Waals surface area contributed by atoms with Gasteiger partial charge in [0.25, 0.3) is 0 Å². The lowest BCUT2D eigenvalue weighted by atomic mass is 10.1. The summed E-state index contributed by atoms with van der Waals surface area (Å²) in [6.45, 7) is 0.940. The molecule has 0 aliphatic carbocycles. The average Bonchev–Trinajstić information content (AvgIpc) is 2.48. The second-order valence-electron chi connectivity index (χ2n) is 4.57. The van der Waals surface area contributed by atoms with E-state index < -0.39 is 0 Å². The average molecular weight is 248 g/mol. The molecule has 0 amide bonds. The van der Waals surface area contributed by atoms with Gasteiger partial charge in [0, 0.05) is 23.8 Å². The molecule has 0 atom stereocenters. The van der Waals surface area contributed by atoms with E-state index >= 15 is 0 Å². The van der Waals surface area contributed by atoms with Gasteiger partial charge in [0.1, 0.15) is 0 Å². The Kier molecular flexibility index (Phi) is 3.41. The maximum atomic E-state index is 4.32. The van der Waals surface area contributed by atoms with E-state index in [1.54, 1.807) is 0 Å². The lowest BCUT2D eigenvalue weighted by Gasteiger charge is -2.07. The summed E-state index contributed by atoms with van der Waals surface area (Å²) in [7, 11) is 0. The molecule has 2 heteroatoms. The zero-order valence-corrected chi connectivity index (χ0v) is 10.7. The molecule has 2 nitrogen and oxygen atoms in total. The predicted octanol–water partition coefficient (Wildman–Crippen LogP) is 3.89. The van der Waals surface area contributed by atoms with Gasteiger partial charge in [0.15, 0.2) is 0 Å². The minimum absolute atomic E-state index is 0.940. The minimum atomic E-state index is 0.940. The van der Waals surface area contributed by atoms with Crippen molar-refractivity contribution in [3.63, 3.8) is 0 Å². The van der Waals surface area contributed by atoms with Crippen LogP contribution in [0.5, 0.6) is 0 Å². The van der Waals surface area contributed by atoms with Crippen molar-refractivity contribution in [2.75, 3.05) is 11.9 Å². The molecule has 0 saturated heterocycles. The van der Waals surface area contributed by atoms with Crippen LogP contribution in [0.2, 0.25) is 0 Å². The maximum absolute atomic E-state index is 4.32. The highest BCUT2D eigenvalue weighted by Crippen LogP contribution is 2.16. The van der Waals surface area contributed by atoms with Crippen LogP contribution in [0.3, 0.4) is 0 Å². The summed E-state index contributed by atoms with van der Waals surface area (Å²) in [6.07, 6.45) is 2.86. The van der Waals surface area contributed by atoms with Crippen molar-refractivity contribution in [3.05, 3.63) is 72.4 Å². The van der Waals surface area contributed by atoms with Crippen molar-refractivity contribution >= 4 is 16.6 Å². The van der Waals surface area contributed by atoms with Crippen LogP contribution in [0.4, 0.5) is 5.69 Å². The number of hydrogen-bond acceptors (Lipinski definition) is 2. The molecule has 0 radical (unpaired) electrons. The molecule has 3 rings (SSSR count). The fourth-order valence-corrected chi connectivity index (χ4v) is 2.18. The second-order valence-corrected chi connectivity index (χ2v) is 4.57. The van der Waals surface area contributed by atoms with Gasteiger partial charge in [-0.05, 0) is 36.2 Å². The summed E-state index contributed by atoms with van der Waals surface area (Å²) in [5.74, 6) is 0. The molecular formula is C17H16N2. The van der Waals surface area contributed by atoms with Crippen LogP contribution < -0.4 is 5.32 Å². The zero-order valence-electron chi connectivity index (χ0n) is 10.7. The summed E-state index contributed by atoms with van der Waals surface area (Å²) in [6, 6.07) is 20.9. The summed E-state index contributed by atoms with van der Waals surface area (Å²) >= 11 is 0. The Bertz CT molecular complexity index is 662. The fraction of sp³-hybridized carbons (Fsp3) is 0.118. The number of nitrogens with zero attached hydrogens (tertiary/aromatic N) is 1. The highest BCUT2D eigenvalue weighted by atomic mass is 14.9. The molecule has 0 unspecified atom stereocenters. The first-order valence-corrected chi connectivity index (χ1v) is 6.54. The SMILES string of the molecule is c1ccc(CCNc2ccc3ncccc3c2)cc1. The summed E-state index contributed by atoms with van der Waals surface area (Å²) < 4.78 is 0. The monoisotopic (exact) mass is 248 g/mol. The Morgan fingerprint density at radius 3 is 2.68 bits per heavy atom. The van der Waals surface area contributed by atoms with Gasteiger partial charge in [0.05, 0.1) is 5.52 Å². The fourth-order valence-electron chi connectivity index (χ4n) is 2.18. The molecular weight excluding hydrogens is 232 g/mol. The Balaban J connectivity index is 1.65. The quantitative estimate of drug-likeness (QED) is 0.757. The molecule has 0 fully saturated rings. The van der Waals surface area contributed by atoms with Crippen molar-refractivity contribution in [3.8, 4) is 0 Å². The molecule has 0 bridgehead atoms. The van der Waals surface area contributed by atoms with Gasteiger partial charge in [-0.15, -0.1) is 0 Å². The van der Waals surface area contributed by atoms with Gasteiger partial charge >= 0.3 is 0 Å². The number of aromatic nitrogens is 1. The van der Waals surface area contributed by atoms with Gasteiger partial charge < -0.3 is 5.32 Å². The molecule has 0 aliphatic rings. The van der Waals surface area contributed by atoms with E-state index in [0.29, 0.717) is 0 Å². The van der Waals surface area contributed by atoms with E-state index in [-0.39, 0.29) is 0 Å². The van der Waals surface area contributed by atoms with Crippen LogP contribution in [0, 0.1) is 0 Å². The number of anilines is 1. The van der Waals surface area contributed by atoms with E-state index in [0.717, 1.165) is 24.2 Å². The summed E-state index contributed by atoms with van der Waals surface area (Å²) in [5, 5.41) is 4.63. The van der Waals surface area contributed by atoms with Crippen LogP contribution in [0.15, 0.2) is 66.9 Å². The molecule has 0 spiro atoms. The molecule has 94 valence electrons. The first-order valence-electron chi connectivity index (χ1n) is 6.54. The number of hydrogen-bond donors (Lipinski definition) is 1.